The molecule has 6 heteroatoms. The molecule has 1 unspecified atom stereocenters. The molecule has 1 amide bonds. The molecule has 2 rings (SSSR count). The van der Waals surface area contributed by atoms with Gasteiger partial charge in [-0.1, -0.05) is 19.9 Å². The SMILES string of the molecule is CCOc1ccc(C(CNC(=O)C(C)C)N2CCOCC2)cc1OC. The predicted octanol–water partition coefficient (Wildman–Crippen LogP) is 2.24. The summed E-state index contributed by atoms with van der Waals surface area (Å²) < 4.78 is 16.6. The van der Waals surface area contributed by atoms with Crippen LogP contribution in [0.2, 0.25) is 0 Å². The number of amides is 1. The number of benzene rings is 1. The highest BCUT2D eigenvalue weighted by molar-refractivity contribution is 5.77. The average molecular weight is 350 g/mol. The van der Waals surface area contributed by atoms with Gasteiger partial charge in [-0.05, 0) is 24.6 Å². The van der Waals surface area contributed by atoms with Crippen LogP contribution >= 0.6 is 0 Å². The molecular formula is C19H30N2O4. The number of nitrogens with one attached hydrogen (secondary N) is 1. The van der Waals surface area contributed by atoms with Gasteiger partial charge in [0.15, 0.2) is 11.5 Å². The van der Waals surface area contributed by atoms with Crippen molar-refractivity contribution in [1.82, 2.24) is 10.2 Å². The van der Waals surface area contributed by atoms with Gasteiger partial charge in [-0.3, -0.25) is 9.69 Å². The summed E-state index contributed by atoms with van der Waals surface area (Å²) in [5.74, 6) is 1.49. The van der Waals surface area contributed by atoms with E-state index in [2.05, 4.69) is 16.3 Å². The summed E-state index contributed by atoms with van der Waals surface area (Å²) in [4.78, 5) is 14.4. The Morgan fingerprint density at radius 3 is 2.60 bits per heavy atom. The number of hydrogen-bond acceptors (Lipinski definition) is 5. The molecule has 0 aliphatic carbocycles. The van der Waals surface area contributed by atoms with E-state index in [0.29, 0.717) is 32.1 Å². The second-order valence-electron chi connectivity index (χ2n) is 6.41. The van der Waals surface area contributed by atoms with E-state index in [1.165, 1.54) is 0 Å². The molecule has 1 aliphatic rings. The van der Waals surface area contributed by atoms with Gasteiger partial charge in [-0.2, -0.15) is 0 Å². The van der Waals surface area contributed by atoms with Gasteiger partial charge >= 0.3 is 0 Å². The highest BCUT2D eigenvalue weighted by Gasteiger charge is 2.24. The van der Waals surface area contributed by atoms with Crippen LogP contribution in [-0.2, 0) is 9.53 Å². The Hall–Kier alpha value is -1.79. The van der Waals surface area contributed by atoms with Gasteiger partial charge in [-0.15, -0.1) is 0 Å². The Labute approximate surface area is 150 Å². The largest absolute Gasteiger partial charge is 0.493 e. The summed E-state index contributed by atoms with van der Waals surface area (Å²) in [5.41, 5.74) is 1.10. The molecule has 0 bridgehead atoms. The minimum atomic E-state index is -0.0276. The van der Waals surface area contributed by atoms with Gasteiger partial charge < -0.3 is 19.5 Å². The van der Waals surface area contributed by atoms with Crippen LogP contribution < -0.4 is 14.8 Å². The van der Waals surface area contributed by atoms with E-state index in [0.717, 1.165) is 24.4 Å². The quantitative estimate of drug-likeness (QED) is 0.779. The molecule has 1 aromatic carbocycles. The fourth-order valence-corrected chi connectivity index (χ4v) is 2.91. The summed E-state index contributed by atoms with van der Waals surface area (Å²) in [7, 11) is 1.64. The Kier molecular flexibility index (Phi) is 7.52. The number of hydrogen-bond donors (Lipinski definition) is 1. The second kappa shape index (κ2) is 9.63. The molecular weight excluding hydrogens is 320 g/mol. The molecule has 1 aromatic rings. The van der Waals surface area contributed by atoms with Crippen LogP contribution in [0.25, 0.3) is 0 Å². The van der Waals surface area contributed by atoms with Crippen molar-refractivity contribution in [1.29, 1.82) is 0 Å². The minimum Gasteiger partial charge on any atom is -0.493 e. The average Bonchev–Trinajstić information content (AvgIpc) is 2.63. The highest BCUT2D eigenvalue weighted by atomic mass is 16.5. The summed E-state index contributed by atoms with van der Waals surface area (Å²) >= 11 is 0. The van der Waals surface area contributed by atoms with Crippen LogP contribution in [0.15, 0.2) is 18.2 Å². The third-order valence-electron chi connectivity index (χ3n) is 4.35. The van der Waals surface area contributed by atoms with Crippen molar-refractivity contribution in [2.24, 2.45) is 5.92 Å². The van der Waals surface area contributed by atoms with Crippen molar-refractivity contribution < 1.29 is 19.0 Å². The van der Waals surface area contributed by atoms with E-state index in [1.54, 1.807) is 7.11 Å². The van der Waals surface area contributed by atoms with Crippen molar-refractivity contribution in [3.05, 3.63) is 23.8 Å². The lowest BCUT2D eigenvalue weighted by atomic mass is 10.0. The van der Waals surface area contributed by atoms with Crippen LogP contribution in [0, 0.1) is 5.92 Å². The Morgan fingerprint density at radius 2 is 2.00 bits per heavy atom. The lowest BCUT2D eigenvalue weighted by Gasteiger charge is -2.35. The topological polar surface area (TPSA) is 60.0 Å². The van der Waals surface area contributed by atoms with E-state index in [9.17, 15) is 4.79 Å². The Morgan fingerprint density at radius 1 is 1.28 bits per heavy atom. The summed E-state index contributed by atoms with van der Waals surface area (Å²) in [6.07, 6.45) is 0. The van der Waals surface area contributed by atoms with Crippen molar-refractivity contribution in [3.8, 4) is 11.5 Å². The van der Waals surface area contributed by atoms with Crippen LogP contribution in [0.3, 0.4) is 0 Å². The van der Waals surface area contributed by atoms with Crippen molar-refractivity contribution in [2.45, 2.75) is 26.8 Å². The van der Waals surface area contributed by atoms with Crippen molar-refractivity contribution in [2.75, 3.05) is 46.6 Å². The van der Waals surface area contributed by atoms with Crippen LogP contribution in [0.1, 0.15) is 32.4 Å². The zero-order valence-corrected chi connectivity index (χ0v) is 15.7. The fourth-order valence-electron chi connectivity index (χ4n) is 2.91. The molecule has 1 saturated heterocycles. The van der Waals surface area contributed by atoms with Crippen molar-refractivity contribution in [3.63, 3.8) is 0 Å². The molecule has 0 radical (unpaired) electrons. The maximum atomic E-state index is 12.0. The van der Waals surface area contributed by atoms with Gasteiger partial charge in [0.25, 0.3) is 0 Å². The molecule has 0 saturated carbocycles. The van der Waals surface area contributed by atoms with Crippen LogP contribution in [-0.4, -0.2) is 57.4 Å². The molecule has 25 heavy (non-hydrogen) atoms. The third kappa shape index (κ3) is 5.34. The first-order valence-corrected chi connectivity index (χ1v) is 8.97. The first kappa shape index (κ1) is 19.5. The molecule has 140 valence electrons. The summed E-state index contributed by atoms with van der Waals surface area (Å²) in [5, 5.41) is 3.06. The molecule has 0 spiro atoms. The molecule has 0 aromatic heterocycles. The summed E-state index contributed by atoms with van der Waals surface area (Å²) in [6, 6.07) is 6.08. The standard InChI is InChI=1S/C19H30N2O4/c1-5-25-17-7-6-15(12-18(17)23-4)16(13-20-19(22)14(2)3)21-8-10-24-11-9-21/h6-7,12,14,16H,5,8-11,13H2,1-4H3,(H,20,22). The normalized spacial score (nSPS) is 16.5. The monoisotopic (exact) mass is 350 g/mol. The van der Waals surface area contributed by atoms with Crippen LogP contribution in [0.4, 0.5) is 0 Å². The van der Waals surface area contributed by atoms with Gasteiger partial charge in [0.2, 0.25) is 5.91 Å². The molecule has 1 aliphatic heterocycles. The fraction of sp³-hybridized carbons (Fsp3) is 0.632. The summed E-state index contributed by atoms with van der Waals surface area (Å²) in [6.45, 7) is 10.0. The molecule has 1 fully saturated rings. The highest BCUT2D eigenvalue weighted by Crippen LogP contribution is 2.32. The number of carbonyl (C=O) groups is 1. The zero-order chi connectivity index (χ0) is 18.2. The number of morpholine rings is 1. The second-order valence-corrected chi connectivity index (χ2v) is 6.41. The van der Waals surface area contributed by atoms with Crippen molar-refractivity contribution >= 4 is 5.91 Å². The smallest absolute Gasteiger partial charge is 0.222 e. The number of carbonyl (C=O) groups excluding carboxylic acids is 1. The zero-order valence-electron chi connectivity index (χ0n) is 15.7. The van der Waals surface area contributed by atoms with E-state index in [-0.39, 0.29) is 17.9 Å². The number of methoxy groups -OCH3 is 1. The predicted molar refractivity (Wildman–Crippen MR) is 97.1 cm³/mol. The maximum absolute atomic E-state index is 12.0. The van der Waals surface area contributed by atoms with E-state index in [1.807, 2.05) is 32.9 Å². The molecule has 1 heterocycles. The third-order valence-corrected chi connectivity index (χ3v) is 4.35. The van der Waals surface area contributed by atoms with Crippen LogP contribution in [0.5, 0.6) is 11.5 Å². The first-order valence-electron chi connectivity index (χ1n) is 8.97. The van der Waals surface area contributed by atoms with E-state index >= 15 is 0 Å². The first-order chi connectivity index (χ1) is 12.1. The van der Waals surface area contributed by atoms with Gasteiger partial charge in [-0.25, -0.2) is 0 Å². The van der Waals surface area contributed by atoms with Gasteiger partial charge in [0.05, 0.1) is 33.0 Å². The van der Waals surface area contributed by atoms with E-state index < -0.39 is 0 Å². The molecule has 1 atom stereocenters. The maximum Gasteiger partial charge on any atom is 0.222 e. The van der Waals surface area contributed by atoms with Gasteiger partial charge in [0, 0.05) is 25.6 Å². The lowest BCUT2D eigenvalue weighted by Crippen LogP contribution is -2.44. The Balaban J connectivity index is 2.22. The number of rotatable bonds is 8. The minimum absolute atomic E-state index is 0.0276. The lowest BCUT2D eigenvalue weighted by molar-refractivity contribution is -0.124. The number of ether oxygens (including phenoxy) is 3. The Bertz CT molecular complexity index is 556. The number of nitrogens with zero attached hydrogens (tertiary/aromatic N) is 1. The molecule has 6 nitrogen and oxygen atoms in total. The molecule has 1 N–H and O–H groups in total. The van der Waals surface area contributed by atoms with E-state index in [4.69, 9.17) is 14.2 Å². The van der Waals surface area contributed by atoms with Gasteiger partial charge in [0.1, 0.15) is 0 Å².